The predicted octanol–water partition coefficient (Wildman–Crippen LogP) is 5.50. The molecule has 1 aromatic rings. The van der Waals surface area contributed by atoms with Gasteiger partial charge in [-0.15, -0.1) is 6.58 Å². The van der Waals surface area contributed by atoms with Crippen molar-refractivity contribution in [2.75, 3.05) is 18.6 Å². The molecule has 2 rings (SSSR count). The van der Waals surface area contributed by atoms with E-state index in [2.05, 4.69) is 22.2 Å². The molecule has 0 saturated heterocycles. The summed E-state index contributed by atoms with van der Waals surface area (Å²) in [5, 5.41) is 6.81. The number of allylic oxidation sites excluding steroid dienone is 1. The molecule has 1 aromatic carbocycles. The molecule has 182 valence electrons. The summed E-state index contributed by atoms with van der Waals surface area (Å²) in [6.07, 6.45) is -0.600. The minimum absolute atomic E-state index is 0.0441. The Labute approximate surface area is 194 Å². The summed E-state index contributed by atoms with van der Waals surface area (Å²) in [6.45, 7) is 9.90. The zero-order valence-corrected chi connectivity index (χ0v) is 20.5. The lowest BCUT2D eigenvalue weighted by molar-refractivity contribution is -0.120. The van der Waals surface area contributed by atoms with E-state index in [0.717, 1.165) is 11.4 Å². The molecule has 3 atom stereocenters. The van der Waals surface area contributed by atoms with Crippen molar-refractivity contribution in [1.29, 1.82) is 0 Å². The van der Waals surface area contributed by atoms with Crippen LogP contribution in [0.3, 0.4) is 0 Å². The van der Waals surface area contributed by atoms with Gasteiger partial charge in [0.05, 0.1) is 11.6 Å². The van der Waals surface area contributed by atoms with Crippen molar-refractivity contribution in [1.82, 2.24) is 5.32 Å². The van der Waals surface area contributed by atoms with Crippen LogP contribution in [0.15, 0.2) is 53.6 Å². The minimum Gasteiger partial charge on any atom is -0.365 e. The zero-order chi connectivity index (χ0) is 24.8. The molecular formula is C24H33F3N3O2P. The number of hydrogen-bond donors (Lipinski definition) is 2. The highest BCUT2D eigenvalue weighted by molar-refractivity contribution is 7.70. The fourth-order valence-corrected chi connectivity index (χ4v) is 4.72. The number of benzene rings is 1. The number of rotatable bonds is 9. The van der Waals surface area contributed by atoms with E-state index in [4.69, 9.17) is 0 Å². The van der Waals surface area contributed by atoms with Gasteiger partial charge in [0.1, 0.15) is 24.9 Å². The molecule has 1 aliphatic rings. The molecule has 1 fully saturated rings. The Bertz CT molecular complexity index is 949. The highest BCUT2D eigenvalue weighted by atomic mass is 31.2. The smallest absolute Gasteiger partial charge is 0.365 e. The molecule has 0 radical (unpaired) electrons. The molecule has 3 unspecified atom stereocenters. The summed E-state index contributed by atoms with van der Waals surface area (Å²) in [6, 6.07) is 6.63. The summed E-state index contributed by atoms with van der Waals surface area (Å²) < 4.78 is 53.5. The first kappa shape index (κ1) is 26.9. The molecule has 0 bridgehead atoms. The number of ketones is 1. The van der Waals surface area contributed by atoms with Crippen LogP contribution < -0.4 is 15.9 Å². The number of nitrogens with one attached hydrogen (secondary N) is 2. The molecule has 0 heterocycles. The van der Waals surface area contributed by atoms with Crippen molar-refractivity contribution in [3.05, 3.63) is 48.6 Å². The zero-order valence-electron chi connectivity index (χ0n) is 19.6. The molecule has 0 spiro atoms. The van der Waals surface area contributed by atoms with Crippen molar-refractivity contribution in [2.24, 2.45) is 10.9 Å². The van der Waals surface area contributed by atoms with Crippen molar-refractivity contribution >= 4 is 29.8 Å². The first-order valence-electron chi connectivity index (χ1n) is 11.0. The molecule has 5 nitrogen and oxygen atoms in total. The van der Waals surface area contributed by atoms with Gasteiger partial charge in [0.2, 0.25) is 0 Å². The van der Waals surface area contributed by atoms with Gasteiger partial charge >= 0.3 is 6.18 Å². The normalized spacial score (nSPS) is 20.9. The first-order chi connectivity index (χ1) is 15.3. The maximum absolute atomic E-state index is 13.8. The van der Waals surface area contributed by atoms with E-state index in [1.807, 2.05) is 0 Å². The van der Waals surface area contributed by atoms with E-state index in [0.29, 0.717) is 31.4 Å². The lowest BCUT2D eigenvalue weighted by atomic mass is 10.0. The van der Waals surface area contributed by atoms with Crippen molar-refractivity contribution in [3.63, 3.8) is 0 Å². The number of hydrogen-bond acceptors (Lipinski definition) is 4. The predicted molar refractivity (Wildman–Crippen MR) is 130 cm³/mol. The fourth-order valence-electron chi connectivity index (χ4n) is 3.85. The van der Waals surface area contributed by atoms with Crippen molar-refractivity contribution < 1.29 is 22.5 Å². The van der Waals surface area contributed by atoms with Crippen LogP contribution in [0.4, 0.5) is 18.9 Å². The Balaban J connectivity index is 2.30. The Kier molecular flexibility index (Phi) is 9.12. The molecule has 0 aliphatic heterocycles. The minimum atomic E-state index is -4.58. The van der Waals surface area contributed by atoms with Gasteiger partial charge in [0, 0.05) is 23.3 Å². The number of carbonyl (C=O) groups excluding carboxylic acids is 1. The monoisotopic (exact) mass is 483 g/mol. The molecular weight excluding hydrogens is 450 g/mol. The Morgan fingerprint density at radius 3 is 2.36 bits per heavy atom. The van der Waals surface area contributed by atoms with Gasteiger partial charge in [0.15, 0.2) is 0 Å². The topological polar surface area (TPSA) is 70.6 Å². The number of alkyl halides is 3. The maximum Gasteiger partial charge on any atom is 0.419 e. The van der Waals surface area contributed by atoms with Crippen LogP contribution in [-0.2, 0) is 9.36 Å². The third-order valence-electron chi connectivity index (χ3n) is 5.68. The lowest BCUT2D eigenvalue weighted by Crippen LogP contribution is -2.43. The van der Waals surface area contributed by atoms with Crippen molar-refractivity contribution in [2.45, 2.75) is 57.9 Å². The molecule has 0 aromatic heterocycles. The van der Waals surface area contributed by atoms with Crippen LogP contribution in [0.1, 0.15) is 39.5 Å². The van der Waals surface area contributed by atoms with Crippen LogP contribution in [0.2, 0.25) is 0 Å². The summed E-state index contributed by atoms with van der Waals surface area (Å²) in [5.41, 5.74) is -0.185. The Morgan fingerprint density at radius 1 is 1.27 bits per heavy atom. The third-order valence-corrected chi connectivity index (χ3v) is 7.23. The van der Waals surface area contributed by atoms with Crippen LogP contribution in [0, 0.1) is 5.92 Å². The SMILES string of the molecule is C=CCC(NC(=NC1CCC(C(C)=O)C1)/C(=C\C)C(F)(F)F)Nc1ccc(P(C)(C)=O)cc1. The van der Waals surface area contributed by atoms with Crippen molar-refractivity contribution in [3.8, 4) is 0 Å². The quantitative estimate of drug-likeness (QED) is 0.160. The summed E-state index contributed by atoms with van der Waals surface area (Å²) in [7, 11) is -2.41. The molecule has 1 saturated carbocycles. The van der Waals surface area contributed by atoms with Gasteiger partial charge in [-0.1, -0.05) is 12.2 Å². The molecule has 0 amide bonds. The summed E-state index contributed by atoms with van der Waals surface area (Å²) >= 11 is 0. The van der Waals surface area contributed by atoms with Crippen LogP contribution in [-0.4, -0.2) is 43.3 Å². The largest absolute Gasteiger partial charge is 0.419 e. The number of Topliss-reactive ketones (excluding diaryl/α,β-unsaturated/α-hetero) is 1. The average molecular weight is 484 g/mol. The van der Waals surface area contributed by atoms with E-state index in [-0.39, 0.29) is 23.6 Å². The van der Waals surface area contributed by atoms with E-state index in [1.54, 1.807) is 43.7 Å². The van der Waals surface area contributed by atoms with Gasteiger partial charge in [0.25, 0.3) is 0 Å². The fraction of sp³-hybridized carbons (Fsp3) is 0.500. The van der Waals surface area contributed by atoms with Gasteiger partial charge in [-0.25, -0.2) is 0 Å². The molecule has 33 heavy (non-hydrogen) atoms. The first-order valence-corrected chi connectivity index (χ1v) is 13.6. The van der Waals surface area contributed by atoms with E-state index < -0.39 is 25.1 Å². The molecule has 2 N–H and O–H groups in total. The average Bonchev–Trinajstić information content (AvgIpc) is 3.16. The number of carbonyl (C=O) groups is 1. The van der Waals surface area contributed by atoms with E-state index in [9.17, 15) is 22.5 Å². The molecule has 1 aliphatic carbocycles. The second kappa shape index (κ2) is 11.2. The van der Waals surface area contributed by atoms with Gasteiger partial charge in [-0.05, 0) is 70.7 Å². The molecule has 9 heteroatoms. The van der Waals surface area contributed by atoms with Crippen LogP contribution in [0.25, 0.3) is 0 Å². The van der Waals surface area contributed by atoms with Gasteiger partial charge < -0.3 is 15.2 Å². The maximum atomic E-state index is 13.8. The number of aliphatic imine (C=N–C) groups is 1. The highest BCUT2D eigenvalue weighted by Gasteiger charge is 2.38. The lowest BCUT2D eigenvalue weighted by Gasteiger charge is -2.25. The Hall–Kier alpha value is -2.34. The van der Waals surface area contributed by atoms with Gasteiger partial charge in [-0.2, -0.15) is 13.2 Å². The van der Waals surface area contributed by atoms with E-state index >= 15 is 0 Å². The number of halogens is 3. The standard InChI is InChI=1S/C24H33F3N3O2P/c1-6-8-22(28-18-11-13-20(14-12-18)33(4,5)32)30-23(21(7-2)24(25,26)27)29-19-10-9-17(15-19)16(3)31/h6-7,11-14,17,19,22,28H,1,8-10,15H2,2-5H3,(H,29,30)/b21-7+. The van der Waals surface area contributed by atoms with Crippen LogP contribution >= 0.6 is 7.14 Å². The summed E-state index contributed by atoms with van der Waals surface area (Å²) in [4.78, 5) is 16.1. The second-order valence-electron chi connectivity index (χ2n) is 8.72. The van der Waals surface area contributed by atoms with Crippen LogP contribution in [0.5, 0.6) is 0 Å². The van der Waals surface area contributed by atoms with E-state index in [1.165, 1.54) is 13.8 Å². The van der Waals surface area contributed by atoms with Gasteiger partial charge in [-0.3, -0.25) is 9.79 Å². The highest BCUT2D eigenvalue weighted by Crippen LogP contribution is 2.35. The summed E-state index contributed by atoms with van der Waals surface area (Å²) in [5.74, 6) is -0.363. The number of amidine groups is 1. The Morgan fingerprint density at radius 2 is 1.91 bits per heavy atom. The number of anilines is 1. The number of nitrogens with zero attached hydrogens (tertiary/aromatic N) is 1. The second-order valence-corrected chi connectivity index (χ2v) is 11.9. The third kappa shape index (κ3) is 7.88.